The van der Waals surface area contributed by atoms with Crippen LogP contribution >= 0.6 is 0 Å². The van der Waals surface area contributed by atoms with Gasteiger partial charge in [-0.15, -0.1) is 0 Å². The average molecular weight is 169 g/mol. The molecule has 0 unspecified atom stereocenters. The minimum Gasteiger partial charge on any atom is -0.494 e. The predicted octanol–water partition coefficient (Wildman–Crippen LogP) is 2.04. The highest BCUT2D eigenvalue weighted by Crippen LogP contribution is 2.05. The van der Waals surface area contributed by atoms with E-state index < -0.39 is 0 Å². The van der Waals surface area contributed by atoms with Crippen LogP contribution in [0.4, 0.5) is 0 Å². The molecule has 2 heteroatoms. The van der Waals surface area contributed by atoms with Crippen molar-refractivity contribution in [3.63, 3.8) is 0 Å². The highest BCUT2D eigenvalue weighted by Gasteiger charge is 1.95. The standard InChI is InChI=1S/C10H19NO/c1-9(2)10(3)12-8-6-7-11(4)5/h1,3,6-8H2,2,4-5H3. The van der Waals surface area contributed by atoms with Gasteiger partial charge in [0.2, 0.25) is 0 Å². The van der Waals surface area contributed by atoms with Gasteiger partial charge in [-0.05, 0) is 33.0 Å². The fraction of sp³-hybridized carbons (Fsp3) is 0.600. The Balaban J connectivity index is 3.32. The van der Waals surface area contributed by atoms with E-state index in [-0.39, 0.29) is 0 Å². The van der Waals surface area contributed by atoms with Gasteiger partial charge in [0.1, 0.15) is 5.76 Å². The molecule has 0 rings (SSSR count). The van der Waals surface area contributed by atoms with Gasteiger partial charge in [-0.1, -0.05) is 13.2 Å². The summed E-state index contributed by atoms with van der Waals surface area (Å²) in [5.41, 5.74) is 0.903. The van der Waals surface area contributed by atoms with E-state index in [2.05, 4.69) is 18.1 Å². The van der Waals surface area contributed by atoms with Crippen LogP contribution in [0.1, 0.15) is 13.3 Å². The molecule has 0 heterocycles. The highest BCUT2D eigenvalue weighted by atomic mass is 16.5. The first kappa shape index (κ1) is 11.2. The smallest absolute Gasteiger partial charge is 0.114 e. The fourth-order valence-electron chi connectivity index (χ4n) is 0.699. The second kappa shape index (κ2) is 5.84. The third-order valence-electron chi connectivity index (χ3n) is 1.50. The minimum atomic E-state index is 0.703. The van der Waals surface area contributed by atoms with Crippen molar-refractivity contribution in [1.82, 2.24) is 4.90 Å². The number of ether oxygens (including phenoxy) is 1. The van der Waals surface area contributed by atoms with Crippen LogP contribution in [-0.2, 0) is 4.74 Å². The van der Waals surface area contributed by atoms with E-state index in [0.29, 0.717) is 5.76 Å². The molecule has 0 aromatic carbocycles. The lowest BCUT2D eigenvalue weighted by Gasteiger charge is -2.11. The van der Waals surface area contributed by atoms with E-state index >= 15 is 0 Å². The van der Waals surface area contributed by atoms with Gasteiger partial charge in [-0.2, -0.15) is 0 Å². The van der Waals surface area contributed by atoms with Crippen molar-refractivity contribution in [2.45, 2.75) is 13.3 Å². The van der Waals surface area contributed by atoms with Gasteiger partial charge in [-0.3, -0.25) is 0 Å². The van der Waals surface area contributed by atoms with E-state index in [1.54, 1.807) is 0 Å². The molecule has 0 aromatic rings. The van der Waals surface area contributed by atoms with E-state index in [4.69, 9.17) is 4.74 Å². The Hall–Kier alpha value is -0.760. The normalized spacial score (nSPS) is 10.0. The van der Waals surface area contributed by atoms with Crippen molar-refractivity contribution in [3.05, 3.63) is 24.5 Å². The topological polar surface area (TPSA) is 12.5 Å². The number of hydrogen-bond donors (Lipinski definition) is 0. The molecule has 70 valence electrons. The maximum atomic E-state index is 5.33. The predicted molar refractivity (Wildman–Crippen MR) is 53.1 cm³/mol. The van der Waals surface area contributed by atoms with Crippen molar-refractivity contribution < 1.29 is 4.74 Å². The summed E-state index contributed by atoms with van der Waals surface area (Å²) in [5, 5.41) is 0. The zero-order valence-corrected chi connectivity index (χ0v) is 8.39. The average Bonchev–Trinajstić information content (AvgIpc) is 1.97. The molecular formula is C10H19NO. The second-order valence-corrected chi connectivity index (χ2v) is 3.21. The van der Waals surface area contributed by atoms with E-state index in [1.165, 1.54) is 0 Å². The summed E-state index contributed by atoms with van der Waals surface area (Å²) in [6.45, 7) is 11.1. The SMILES string of the molecule is C=C(C)C(=C)OCCCN(C)C. The Morgan fingerprint density at radius 3 is 2.33 bits per heavy atom. The number of hydrogen-bond acceptors (Lipinski definition) is 2. The largest absolute Gasteiger partial charge is 0.494 e. The Bertz CT molecular complexity index is 161. The molecule has 0 aliphatic heterocycles. The minimum absolute atomic E-state index is 0.703. The van der Waals surface area contributed by atoms with Crippen LogP contribution in [0.3, 0.4) is 0 Å². The first-order valence-electron chi connectivity index (χ1n) is 4.16. The maximum absolute atomic E-state index is 5.33. The van der Waals surface area contributed by atoms with Crippen LogP contribution in [0, 0.1) is 0 Å². The van der Waals surface area contributed by atoms with Crippen LogP contribution < -0.4 is 0 Å². The van der Waals surface area contributed by atoms with Gasteiger partial charge in [0.15, 0.2) is 0 Å². The molecule has 0 atom stereocenters. The van der Waals surface area contributed by atoms with Gasteiger partial charge in [0.05, 0.1) is 6.61 Å². The molecule has 0 fully saturated rings. The van der Waals surface area contributed by atoms with Crippen LogP contribution in [0.5, 0.6) is 0 Å². The molecule has 0 N–H and O–H groups in total. The number of rotatable bonds is 6. The monoisotopic (exact) mass is 169 g/mol. The summed E-state index contributed by atoms with van der Waals surface area (Å²) in [6, 6.07) is 0. The highest BCUT2D eigenvalue weighted by molar-refractivity contribution is 5.15. The Labute approximate surface area is 75.5 Å². The molecule has 0 spiro atoms. The summed E-state index contributed by atoms with van der Waals surface area (Å²) < 4.78 is 5.33. The van der Waals surface area contributed by atoms with Crippen molar-refractivity contribution in [2.24, 2.45) is 0 Å². The molecule has 0 saturated carbocycles. The maximum Gasteiger partial charge on any atom is 0.114 e. The van der Waals surface area contributed by atoms with Crippen LogP contribution in [0.25, 0.3) is 0 Å². The lowest BCUT2D eigenvalue weighted by Crippen LogP contribution is -2.14. The fourth-order valence-corrected chi connectivity index (χ4v) is 0.699. The summed E-state index contributed by atoms with van der Waals surface area (Å²) in [7, 11) is 4.10. The number of nitrogens with zero attached hydrogens (tertiary/aromatic N) is 1. The molecular weight excluding hydrogens is 150 g/mol. The lowest BCUT2D eigenvalue weighted by molar-refractivity contribution is 0.205. The van der Waals surface area contributed by atoms with E-state index in [0.717, 1.165) is 25.1 Å². The first-order valence-corrected chi connectivity index (χ1v) is 4.16. The van der Waals surface area contributed by atoms with Crippen LogP contribution in [-0.4, -0.2) is 32.1 Å². The molecule has 0 saturated heterocycles. The Morgan fingerprint density at radius 1 is 1.33 bits per heavy atom. The van der Waals surface area contributed by atoms with Gasteiger partial charge in [-0.25, -0.2) is 0 Å². The third-order valence-corrected chi connectivity index (χ3v) is 1.50. The van der Waals surface area contributed by atoms with Gasteiger partial charge < -0.3 is 9.64 Å². The third kappa shape index (κ3) is 5.98. The van der Waals surface area contributed by atoms with Crippen molar-refractivity contribution in [3.8, 4) is 0 Å². The second-order valence-electron chi connectivity index (χ2n) is 3.21. The molecule has 0 radical (unpaired) electrons. The molecule has 0 aromatic heterocycles. The molecule has 0 amide bonds. The van der Waals surface area contributed by atoms with Gasteiger partial charge in [0.25, 0.3) is 0 Å². The van der Waals surface area contributed by atoms with E-state index in [1.807, 2.05) is 21.0 Å². The van der Waals surface area contributed by atoms with Crippen LogP contribution in [0.2, 0.25) is 0 Å². The zero-order chi connectivity index (χ0) is 9.56. The molecule has 0 aliphatic carbocycles. The summed E-state index contributed by atoms with van der Waals surface area (Å²) in [6.07, 6.45) is 1.03. The Morgan fingerprint density at radius 2 is 1.92 bits per heavy atom. The zero-order valence-electron chi connectivity index (χ0n) is 8.39. The first-order chi connectivity index (χ1) is 5.54. The summed E-state index contributed by atoms with van der Waals surface area (Å²) in [4.78, 5) is 2.13. The van der Waals surface area contributed by atoms with Gasteiger partial charge in [0, 0.05) is 6.54 Å². The van der Waals surface area contributed by atoms with Crippen molar-refractivity contribution in [1.29, 1.82) is 0 Å². The summed E-state index contributed by atoms with van der Waals surface area (Å²) in [5.74, 6) is 0.703. The molecule has 0 aliphatic rings. The number of allylic oxidation sites excluding steroid dienone is 1. The van der Waals surface area contributed by atoms with Gasteiger partial charge >= 0.3 is 0 Å². The molecule has 0 bridgehead atoms. The van der Waals surface area contributed by atoms with Crippen molar-refractivity contribution in [2.75, 3.05) is 27.2 Å². The quantitative estimate of drug-likeness (QED) is 0.343. The van der Waals surface area contributed by atoms with Crippen LogP contribution in [0.15, 0.2) is 24.5 Å². The molecule has 2 nitrogen and oxygen atoms in total. The lowest BCUT2D eigenvalue weighted by atomic mass is 10.3. The summed E-state index contributed by atoms with van der Waals surface area (Å²) >= 11 is 0. The van der Waals surface area contributed by atoms with Crippen molar-refractivity contribution >= 4 is 0 Å². The Kier molecular flexibility index (Phi) is 5.47. The van der Waals surface area contributed by atoms with E-state index in [9.17, 15) is 0 Å². The molecule has 12 heavy (non-hydrogen) atoms.